The maximum Gasteiger partial charge on any atom is 0.336 e. The van der Waals surface area contributed by atoms with E-state index in [1.807, 2.05) is 36.4 Å². The highest BCUT2D eigenvalue weighted by Crippen LogP contribution is 2.27. The second kappa shape index (κ2) is 9.36. The Morgan fingerprint density at radius 1 is 1.03 bits per heavy atom. The van der Waals surface area contributed by atoms with E-state index in [1.54, 1.807) is 12.1 Å². The Bertz CT molecular complexity index is 1210. The predicted molar refractivity (Wildman–Crippen MR) is 126 cm³/mol. The van der Waals surface area contributed by atoms with E-state index in [0.717, 1.165) is 58.4 Å². The first kappa shape index (κ1) is 21.1. The first-order chi connectivity index (χ1) is 15.1. The Morgan fingerprint density at radius 3 is 2.52 bits per heavy atom. The lowest BCUT2D eigenvalue weighted by Gasteiger charge is -2.12. The Balaban J connectivity index is 1.71. The molecule has 4 rings (SSSR count). The fourth-order valence-electron chi connectivity index (χ4n) is 4.01. The molecule has 4 aromatic rings. The van der Waals surface area contributed by atoms with Crippen molar-refractivity contribution in [1.82, 2.24) is 9.55 Å². The molecule has 0 aliphatic carbocycles. The van der Waals surface area contributed by atoms with Crippen molar-refractivity contribution < 1.29 is 9.90 Å². The highest BCUT2D eigenvalue weighted by Gasteiger charge is 2.15. The molecule has 158 valence electrons. The van der Waals surface area contributed by atoms with E-state index in [0.29, 0.717) is 18.0 Å². The summed E-state index contributed by atoms with van der Waals surface area (Å²) in [6, 6.07) is 21.3. The zero-order valence-electron chi connectivity index (χ0n) is 17.5. The van der Waals surface area contributed by atoms with Crippen LogP contribution in [0, 0.1) is 0 Å². The minimum absolute atomic E-state index is 0.310. The molecule has 0 atom stereocenters. The van der Waals surface area contributed by atoms with Gasteiger partial charge >= 0.3 is 5.97 Å². The average molecular weight is 433 g/mol. The van der Waals surface area contributed by atoms with Gasteiger partial charge in [0.2, 0.25) is 0 Å². The van der Waals surface area contributed by atoms with Gasteiger partial charge in [0.1, 0.15) is 5.82 Å². The minimum atomic E-state index is -0.918. The number of imidazole rings is 1. The Kier molecular flexibility index (Phi) is 6.38. The Hall–Kier alpha value is -3.11. The number of benzene rings is 3. The van der Waals surface area contributed by atoms with Gasteiger partial charge in [0.15, 0.2) is 0 Å². The van der Waals surface area contributed by atoms with Gasteiger partial charge in [-0.25, -0.2) is 9.78 Å². The number of unbranched alkanes of at least 4 members (excludes halogenated alkanes) is 1. The van der Waals surface area contributed by atoms with E-state index in [-0.39, 0.29) is 0 Å². The monoisotopic (exact) mass is 432 g/mol. The number of halogens is 1. The van der Waals surface area contributed by atoms with Crippen molar-refractivity contribution in [3.8, 4) is 11.1 Å². The number of fused-ring (bicyclic) bond motifs is 1. The summed E-state index contributed by atoms with van der Waals surface area (Å²) in [6.07, 6.45) is 3.13. The zero-order valence-corrected chi connectivity index (χ0v) is 18.3. The number of aromatic nitrogens is 2. The lowest BCUT2D eigenvalue weighted by molar-refractivity contribution is 0.0697. The number of hydrogen-bond acceptors (Lipinski definition) is 2. The second-order valence-corrected chi connectivity index (χ2v) is 7.95. The molecule has 0 amide bonds. The number of aryl methyl sites for hydroxylation is 1. The number of hydrogen-bond donors (Lipinski definition) is 1. The molecule has 0 bridgehead atoms. The third-order valence-corrected chi connectivity index (χ3v) is 5.88. The number of para-hydroxylation sites is 1. The molecule has 0 aliphatic rings. The standard InChI is InChI=1S/C26H25ClN2O2/c1-2-3-11-24-28-23-10-6-7-20(16-27)25(23)29(24)17-18-12-14-19(15-13-18)21-8-4-5-9-22(21)26(30)31/h4-10,12-15H,2-3,11,16-17H2,1H3,(H,30,31). The summed E-state index contributed by atoms with van der Waals surface area (Å²) in [6.45, 7) is 2.88. The highest BCUT2D eigenvalue weighted by atomic mass is 35.5. The minimum Gasteiger partial charge on any atom is -0.478 e. The molecular weight excluding hydrogens is 408 g/mol. The van der Waals surface area contributed by atoms with Crippen LogP contribution in [0.15, 0.2) is 66.7 Å². The fourth-order valence-corrected chi connectivity index (χ4v) is 4.22. The van der Waals surface area contributed by atoms with Gasteiger partial charge in [0, 0.05) is 18.8 Å². The smallest absolute Gasteiger partial charge is 0.336 e. The molecular formula is C26H25ClN2O2. The summed E-state index contributed by atoms with van der Waals surface area (Å²) >= 11 is 6.23. The van der Waals surface area contributed by atoms with Gasteiger partial charge in [-0.15, -0.1) is 11.6 Å². The molecule has 1 heterocycles. The molecule has 31 heavy (non-hydrogen) atoms. The van der Waals surface area contributed by atoms with Crippen molar-refractivity contribution >= 4 is 28.6 Å². The fraction of sp³-hybridized carbons (Fsp3) is 0.231. The SMILES string of the molecule is CCCCc1nc2cccc(CCl)c2n1Cc1ccc(-c2ccccc2C(=O)O)cc1. The normalized spacial score (nSPS) is 11.2. The molecule has 0 saturated carbocycles. The molecule has 5 heteroatoms. The van der Waals surface area contributed by atoms with Crippen LogP contribution < -0.4 is 0 Å². The molecule has 3 aromatic carbocycles. The summed E-state index contributed by atoms with van der Waals surface area (Å²) in [5.41, 5.74) is 6.23. The molecule has 0 aliphatic heterocycles. The van der Waals surface area contributed by atoms with Gasteiger partial charge in [-0.3, -0.25) is 0 Å². The van der Waals surface area contributed by atoms with Crippen LogP contribution in [-0.4, -0.2) is 20.6 Å². The topological polar surface area (TPSA) is 55.1 Å². The maximum absolute atomic E-state index is 11.6. The first-order valence-corrected chi connectivity index (χ1v) is 11.1. The number of aromatic carboxylic acids is 1. The molecule has 1 aromatic heterocycles. The molecule has 0 radical (unpaired) electrons. The summed E-state index contributed by atoms with van der Waals surface area (Å²) < 4.78 is 2.28. The third kappa shape index (κ3) is 4.35. The van der Waals surface area contributed by atoms with Gasteiger partial charge in [0.05, 0.1) is 16.6 Å². The van der Waals surface area contributed by atoms with Crippen LogP contribution in [0.5, 0.6) is 0 Å². The van der Waals surface area contributed by atoms with Crippen LogP contribution in [0.2, 0.25) is 0 Å². The van der Waals surface area contributed by atoms with Crippen LogP contribution in [0.1, 0.15) is 47.1 Å². The van der Waals surface area contributed by atoms with E-state index >= 15 is 0 Å². The molecule has 0 fully saturated rings. The Labute approximate surface area is 187 Å². The lowest BCUT2D eigenvalue weighted by atomic mass is 9.98. The number of rotatable bonds is 8. The van der Waals surface area contributed by atoms with Gasteiger partial charge in [0.25, 0.3) is 0 Å². The third-order valence-electron chi connectivity index (χ3n) is 5.59. The molecule has 0 saturated heterocycles. The second-order valence-electron chi connectivity index (χ2n) is 7.68. The number of carbonyl (C=O) groups is 1. The van der Waals surface area contributed by atoms with Crippen LogP contribution >= 0.6 is 11.6 Å². The van der Waals surface area contributed by atoms with Crippen LogP contribution in [0.4, 0.5) is 0 Å². The van der Waals surface area contributed by atoms with Gasteiger partial charge < -0.3 is 9.67 Å². The van der Waals surface area contributed by atoms with Crippen molar-refractivity contribution in [1.29, 1.82) is 0 Å². The van der Waals surface area contributed by atoms with E-state index in [4.69, 9.17) is 16.6 Å². The predicted octanol–water partition coefficient (Wildman–Crippen LogP) is 6.53. The van der Waals surface area contributed by atoms with Crippen molar-refractivity contribution in [3.63, 3.8) is 0 Å². The van der Waals surface area contributed by atoms with Crippen molar-refractivity contribution in [2.24, 2.45) is 0 Å². The Morgan fingerprint density at radius 2 is 1.81 bits per heavy atom. The van der Waals surface area contributed by atoms with Crippen molar-refractivity contribution in [2.75, 3.05) is 0 Å². The van der Waals surface area contributed by atoms with E-state index < -0.39 is 5.97 Å². The number of carboxylic acids is 1. The van der Waals surface area contributed by atoms with E-state index in [1.165, 1.54) is 0 Å². The molecule has 0 spiro atoms. The lowest BCUT2D eigenvalue weighted by Crippen LogP contribution is -2.06. The molecule has 1 N–H and O–H groups in total. The van der Waals surface area contributed by atoms with E-state index in [2.05, 4.69) is 29.7 Å². The van der Waals surface area contributed by atoms with Crippen molar-refractivity contribution in [2.45, 2.75) is 38.6 Å². The molecule has 4 nitrogen and oxygen atoms in total. The summed E-state index contributed by atoms with van der Waals surface area (Å²) in [4.78, 5) is 16.5. The van der Waals surface area contributed by atoms with Crippen LogP contribution in [0.3, 0.4) is 0 Å². The zero-order chi connectivity index (χ0) is 21.8. The number of carboxylic acid groups (broad SMARTS) is 1. The van der Waals surface area contributed by atoms with E-state index in [9.17, 15) is 9.90 Å². The highest BCUT2D eigenvalue weighted by molar-refractivity contribution is 6.17. The number of nitrogens with zero attached hydrogens (tertiary/aromatic N) is 2. The van der Waals surface area contributed by atoms with Gasteiger partial charge in [-0.05, 0) is 40.8 Å². The summed E-state index contributed by atoms with van der Waals surface area (Å²) in [7, 11) is 0. The molecule has 0 unspecified atom stereocenters. The maximum atomic E-state index is 11.6. The van der Waals surface area contributed by atoms with Crippen LogP contribution in [-0.2, 0) is 18.8 Å². The van der Waals surface area contributed by atoms with Crippen molar-refractivity contribution in [3.05, 3.63) is 89.2 Å². The van der Waals surface area contributed by atoms with Gasteiger partial charge in [-0.1, -0.05) is 67.9 Å². The van der Waals surface area contributed by atoms with Gasteiger partial charge in [-0.2, -0.15) is 0 Å². The quantitative estimate of drug-likeness (QED) is 0.322. The number of alkyl halides is 1. The summed E-state index contributed by atoms with van der Waals surface area (Å²) in [5, 5.41) is 9.48. The average Bonchev–Trinajstić information content (AvgIpc) is 3.15. The van der Waals surface area contributed by atoms with Crippen LogP contribution in [0.25, 0.3) is 22.2 Å². The summed E-state index contributed by atoms with van der Waals surface area (Å²) in [5.74, 6) is 0.606. The largest absolute Gasteiger partial charge is 0.478 e. The first-order valence-electron chi connectivity index (χ1n) is 10.6.